The van der Waals surface area contributed by atoms with Crippen molar-refractivity contribution in [1.82, 2.24) is 0 Å². The number of benzene rings is 2. The second-order valence-corrected chi connectivity index (χ2v) is 8.87. The number of aryl methyl sites for hydroxylation is 1. The Hall–Kier alpha value is -0.715. The molecule has 0 aromatic heterocycles. The summed E-state index contributed by atoms with van der Waals surface area (Å²) in [6.45, 7) is 4.17. The van der Waals surface area contributed by atoms with Crippen LogP contribution in [0.2, 0.25) is 3.93 Å². The van der Waals surface area contributed by atoms with Crippen molar-refractivity contribution in [3.8, 4) is 0 Å². The van der Waals surface area contributed by atoms with E-state index in [1.165, 1.54) is 8.23 Å². The van der Waals surface area contributed by atoms with Crippen molar-refractivity contribution in [1.29, 1.82) is 0 Å². The van der Waals surface area contributed by atoms with Gasteiger partial charge in [-0.05, 0) is 31.2 Å². The second kappa shape index (κ2) is 9.26. The molecule has 0 heterocycles. The van der Waals surface area contributed by atoms with Gasteiger partial charge in [0.2, 0.25) is 0 Å². The van der Waals surface area contributed by atoms with Crippen molar-refractivity contribution < 1.29 is 34.9 Å². The first-order valence-electron chi connectivity index (χ1n) is 6.40. The van der Waals surface area contributed by atoms with Crippen LogP contribution >= 0.6 is 0 Å². The number of nitrogens with zero attached hydrogens (tertiary/aromatic N) is 1. The van der Waals surface area contributed by atoms with Crippen LogP contribution in [0.5, 0.6) is 0 Å². The van der Waals surface area contributed by atoms with Crippen LogP contribution in [0.4, 0.5) is 11.4 Å². The third kappa shape index (κ3) is 5.35. The summed E-state index contributed by atoms with van der Waals surface area (Å²) in [4.78, 5) is 0. The predicted octanol–water partition coefficient (Wildman–Crippen LogP) is 3.90. The third-order valence-corrected chi connectivity index (χ3v) is 3.13. The Bertz CT molecular complexity index is 531. The molecule has 103 valence electrons. The maximum absolute atomic E-state index is 11.3. The molecular formula is C15H17HgNO2S-. The van der Waals surface area contributed by atoms with Crippen LogP contribution in [-0.4, -0.2) is 8.76 Å². The Morgan fingerprint density at radius 2 is 1.50 bits per heavy atom. The van der Waals surface area contributed by atoms with Crippen LogP contribution in [0.3, 0.4) is 0 Å². The van der Waals surface area contributed by atoms with E-state index < -0.39 is 11.3 Å². The van der Waals surface area contributed by atoms with E-state index in [1.54, 1.807) is 24.3 Å². The first kappa shape index (κ1) is 17.3. The summed E-state index contributed by atoms with van der Waals surface area (Å²) in [5.41, 5.74) is 2.36. The molecule has 2 aromatic rings. The Kier molecular flexibility index (Phi) is 8.03. The minimum absolute atomic E-state index is 0.629. The molecule has 2 rings (SSSR count). The molecule has 2 aromatic carbocycles. The van der Waals surface area contributed by atoms with Gasteiger partial charge in [0, 0.05) is 0 Å². The minimum Gasteiger partial charge on any atom is -0.755 e. The fourth-order valence-corrected chi connectivity index (χ4v) is 2.15. The maximum Gasteiger partial charge on any atom is 0.0538 e. The average molecular weight is 476 g/mol. The van der Waals surface area contributed by atoms with Crippen LogP contribution in [0.1, 0.15) is 12.5 Å². The normalized spacial score (nSPS) is 11.2. The summed E-state index contributed by atoms with van der Waals surface area (Å²) in [5, 5.41) is 0. The zero-order valence-electron chi connectivity index (χ0n) is 11.8. The Balaban J connectivity index is 0.000000612. The molecule has 0 aliphatic carbocycles. The molecule has 3 nitrogen and oxygen atoms in total. The zero-order valence-corrected chi connectivity index (χ0v) is 18.1. The van der Waals surface area contributed by atoms with Crippen LogP contribution in [0.25, 0.3) is 0 Å². The summed E-state index contributed by atoms with van der Waals surface area (Å²) in [6.07, 6.45) is 0. The Labute approximate surface area is 139 Å². The fraction of sp³-hybridized carbons (Fsp3) is 0.200. The van der Waals surface area contributed by atoms with Gasteiger partial charge >= 0.3 is 37.0 Å². The van der Waals surface area contributed by atoms with E-state index >= 15 is 0 Å². The van der Waals surface area contributed by atoms with Crippen molar-refractivity contribution in [3.05, 3.63) is 60.2 Å². The van der Waals surface area contributed by atoms with E-state index in [1.807, 2.05) is 37.3 Å². The van der Waals surface area contributed by atoms with Crippen LogP contribution in [0, 0.1) is 6.92 Å². The SMILES string of the molecule is C[CH2][Hg].Cc1ccc(N(c2ccccc2)S(=O)[O-])cc1. The zero-order chi connectivity index (χ0) is 15.0. The van der Waals surface area contributed by atoms with Gasteiger partial charge in [-0.3, -0.25) is 8.51 Å². The monoisotopic (exact) mass is 477 g/mol. The number of hydrogen-bond donors (Lipinski definition) is 0. The van der Waals surface area contributed by atoms with Crippen LogP contribution < -0.4 is 4.31 Å². The van der Waals surface area contributed by atoms with E-state index in [9.17, 15) is 8.76 Å². The van der Waals surface area contributed by atoms with Crippen molar-refractivity contribution >= 4 is 22.6 Å². The molecule has 0 aliphatic heterocycles. The van der Waals surface area contributed by atoms with Gasteiger partial charge in [0.15, 0.2) is 0 Å². The van der Waals surface area contributed by atoms with Gasteiger partial charge in [-0.2, -0.15) is 0 Å². The molecule has 0 radical (unpaired) electrons. The number of para-hydroxylation sites is 1. The summed E-state index contributed by atoms with van der Waals surface area (Å²) in [7, 11) is 0. The number of hydrogen-bond acceptors (Lipinski definition) is 2. The molecule has 0 amide bonds. The van der Waals surface area contributed by atoms with E-state index in [4.69, 9.17) is 0 Å². The number of rotatable bonds is 3. The maximum atomic E-state index is 11.3. The van der Waals surface area contributed by atoms with Gasteiger partial charge in [-0.25, -0.2) is 0 Å². The van der Waals surface area contributed by atoms with Gasteiger partial charge < -0.3 is 4.55 Å². The van der Waals surface area contributed by atoms with E-state index in [-0.39, 0.29) is 0 Å². The van der Waals surface area contributed by atoms with E-state index in [2.05, 4.69) is 6.92 Å². The predicted molar refractivity (Wildman–Crippen MR) is 79.2 cm³/mol. The molecule has 0 spiro atoms. The summed E-state index contributed by atoms with van der Waals surface area (Å²) < 4.78 is 25.3. The van der Waals surface area contributed by atoms with E-state index in [0.717, 1.165) is 31.7 Å². The van der Waals surface area contributed by atoms with Crippen molar-refractivity contribution in [2.24, 2.45) is 0 Å². The minimum atomic E-state index is -2.33. The van der Waals surface area contributed by atoms with Gasteiger partial charge in [0.1, 0.15) is 0 Å². The van der Waals surface area contributed by atoms with Crippen molar-refractivity contribution in [2.45, 2.75) is 17.8 Å². The quantitative estimate of drug-likeness (QED) is 0.499. The van der Waals surface area contributed by atoms with Gasteiger partial charge in [-0.1, -0.05) is 35.9 Å². The fourth-order valence-electron chi connectivity index (χ4n) is 1.56. The third-order valence-electron chi connectivity index (χ3n) is 2.41. The first-order chi connectivity index (χ1) is 9.60. The molecule has 0 saturated carbocycles. The molecule has 0 aliphatic rings. The average Bonchev–Trinajstić information content (AvgIpc) is 2.43. The smallest absolute Gasteiger partial charge is 0.0538 e. The van der Waals surface area contributed by atoms with Gasteiger partial charge in [0.25, 0.3) is 0 Å². The van der Waals surface area contributed by atoms with Crippen LogP contribution in [0.15, 0.2) is 54.6 Å². The molecular weight excluding hydrogens is 459 g/mol. The second-order valence-electron chi connectivity index (χ2n) is 4.18. The largest absolute Gasteiger partial charge is 0.755 e. The van der Waals surface area contributed by atoms with Gasteiger partial charge in [0.05, 0.1) is 22.6 Å². The Morgan fingerprint density at radius 3 is 1.95 bits per heavy atom. The molecule has 0 fully saturated rings. The molecule has 5 heteroatoms. The van der Waals surface area contributed by atoms with E-state index in [0.29, 0.717) is 11.4 Å². The van der Waals surface area contributed by atoms with Crippen molar-refractivity contribution in [3.63, 3.8) is 0 Å². The standard InChI is InChI=1S/C13H13NO2S.C2H5.Hg/c1-11-7-9-13(10-8-11)14(17(15)16)12-5-3-2-4-6-12;1-2;/h2-10H,1H3,(H,15,16);1H2,2H3;/p-1. The van der Waals surface area contributed by atoms with Crippen molar-refractivity contribution in [2.75, 3.05) is 4.31 Å². The van der Waals surface area contributed by atoms with Crippen LogP contribution in [-0.2, 0) is 37.4 Å². The molecule has 0 saturated heterocycles. The van der Waals surface area contributed by atoms with Gasteiger partial charge in [-0.15, -0.1) is 0 Å². The Morgan fingerprint density at radius 1 is 1.05 bits per heavy atom. The number of anilines is 2. The summed E-state index contributed by atoms with van der Waals surface area (Å²) in [6, 6.07) is 16.3. The molecule has 0 N–H and O–H groups in total. The summed E-state index contributed by atoms with van der Waals surface area (Å²) >= 11 is -1.26. The molecule has 0 bridgehead atoms. The summed E-state index contributed by atoms with van der Waals surface area (Å²) in [5.74, 6) is 0. The first-order valence-corrected chi connectivity index (χ1v) is 11.3. The molecule has 20 heavy (non-hydrogen) atoms. The molecule has 1 atom stereocenters. The molecule has 1 unspecified atom stereocenters. The topological polar surface area (TPSA) is 43.4 Å².